The van der Waals surface area contributed by atoms with Gasteiger partial charge in [-0.1, -0.05) is 47.5 Å². The molecule has 27 heavy (non-hydrogen) atoms. The summed E-state index contributed by atoms with van der Waals surface area (Å²) in [5, 5.41) is 0. The van der Waals surface area contributed by atoms with Gasteiger partial charge < -0.3 is 9.80 Å². The van der Waals surface area contributed by atoms with Gasteiger partial charge in [-0.2, -0.15) is 0 Å². The Balaban J connectivity index is 1.74. The maximum Gasteiger partial charge on any atom is 0.128 e. The van der Waals surface area contributed by atoms with Crippen molar-refractivity contribution in [1.29, 1.82) is 0 Å². The van der Waals surface area contributed by atoms with E-state index in [9.17, 15) is 0 Å². The molecule has 0 N–H and O–H groups in total. The summed E-state index contributed by atoms with van der Waals surface area (Å²) >= 11 is 1.79. The summed E-state index contributed by atoms with van der Waals surface area (Å²) in [5.74, 6) is 0. The normalized spacial score (nSPS) is 14.8. The summed E-state index contributed by atoms with van der Waals surface area (Å²) in [5.41, 5.74) is 6.51. The predicted molar refractivity (Wildman–Crippen MR) is 118 cm³/mol. The lowest BCUT2D eigenvalue weighted by Gasteiger charge is -2.33. The van der Waals surface area contributed by atoms with Crippen LogP contribution >= 0.6 is 11.8 Å². The Labute approximate surface area is 166 Å². The molecule has 2 nitrogen and oxygen atoms in total. The van der Waals surface area contributed by atoms with Crippen molar-refractivity contribution in [2.24, 2.45) is 0 Å². The van der Waals surface area contributed by atoms with Crippen LogP contribution < -0.4 is 9.80 Å². The topological polar surface area (TPSA) is 6.48 Å². The Bertz CT molecular complexity index is 832. The average Bonchev–Trinajstić information content (AvgIpc) is 3.14. The van der Waals surface area contributed by atoms with E-state index < -0.39 is 0 Å². The van der Waals surface area contributed by atoms with Gasteiger partial charge in [-0.25, -0.2) is 0 Å². The van der Waals surface area contributed by atoms with E-state index in [2.05, 4.69) is 103 Å². The van der Waals surface area contributed by atoms with E-state index in [4.69, 9.17) is 0 Å². The van der Waals surface area contributed by atoms with Gasteiger partial charge in [-0.05, 0) is 62.1 Å². The number of hydrogen-bond acceptors (Lipinski definition) is 3. The maximum atomic E-state index is 2.52. The first kappa shape index (κ1) is 18.0. The Hall–Kier alpha value is -2.39. The molecule has 0 spiro atoms. The largest absolute Gasteiger partial charge is 0.346 e. The molecule has 0 radical (unpaired) electrons. The van der Waals surface area contributed by atoms with Crippen molar-refractivity contribution in [2.45, 2.75) is 24.9 Å². The number of benzene rings is 3. The van der Waals surface area contributed by atoms with Crippen molar-refractivity contribution < 1.29 is 0 Å². The third-order valence-corrected chi connectivity index (χ3v) is 6.06. The monoisotopic (exact) mass is 374 g/mol. The zero-order valence-electron chi connectivity index (χ0n) is 16.2. The van der Waals surface area contributed by atoms with E-state index in [0.29, 0.717) is 0 Å². The molecule has 0 aromatic heterocycles. The minimum absolute atomic E-state index is 0.214. The van der Waals surface area contributed by atoms with Crippen LogP contribution in [0.25, 0.3) is 0 Å². The summed E-state index contributed by atoms with van der Waals surface area (Å²) in [6.07, 6.45) is 2.34. The molecule has 138 valence electrons. The molecule has 1 heterocycles. The first-order valence-corrected chi connectivity index (χ1v) is 10.7. The van der Waals surface area contributed by atoms with E-state index in [1.54, 1.807) is 11.8 Å². The average molecular weight is 375 g/mol. The molecule has 0 bridgehead atoms. The fourth-order valence-electron chi connectivity index (χ4n) is 3.78. The van der Waals surface area contributed by atoms with Gasteiger partial charge in [0, 0.05) is 29.4 Å². The fraction of sp³-hybridized carbons (Fsp3) is 0.250. The smallest absolute Gasteiger partial charge is 0.128 e. The van der Waals surface area contributed by atoms with Gasteiger partial charge in [0.2, 0.25) is 0 Å². The molecule has 4 rings (SSSR count). The molecule has 3 aromatic carbocycles. The molecular weight excluding hydrogens is 348 g/mol. The Morgan fingerprint density at radius 2 is 1.11 bits per heavy atom. The molecule has 1 aliphatic heterocycles. The van der Waals surface area contributed by atoms with Gasteiger partial charge in [0.15, 0.2) is 0 Å². The van der Waals surface area contributed by atoms with Crippen molar-refractivity contribution in [3.05, 3.63) is 89.5 Å². The maximum absolute atomic E-state index is 2.52. The van der Waals surface area contributed by atoms with E-state index in [1.165, 1.54) is 33.0 Å². The molecule has 0 saturated carbocycles. The lowest BCUT2D eigenvalue weighted by molar-refractivity contribution is 0.716. The van der Waals surface area contributed by atoms with Crippen LogP contribution in [0.15, 0.2) is 77.7 Å². The third kappa shape index (κ3) is 3.70. The van der Waals surface area contributed by atoms with Gasteiger partial charge in [0.05, 0.1) is 0 Å². The summed E-state index contributed by atoms with van der Waals surface area (Å²) in [6, 6.07) is 26.8. The van der Waals surface area contributed by atoms with Crippen LogP contribution in [0.3, 0.4) is 0 Å². The van der Waals surface area contributed by atoms with Gasteiger partial charge in [-0.3, -0.25) is 0 Å². The lowest BCUT2D eigenvalue weighted by Crippen LogP contribution is -2.30. The van der Waals surface area contributed by atoms with E-state index in [0.717, 1.165) is 13.1 Å². The highest BCUT2D eigenvalue weighted by molar-refractivity contribution is 7.98. The van der Waals surface area contributed by atoms with E-state index in [-0.39, 0.29) is 6.17 Å². The van der Waals surface area contributed by atoms with Crippen molar-refractivity contribution >= 4 is 23.1 Å². The zero-order valence-corrected chi connectivity index (χ0v) is 17.0. The summed E-state index contributed by atoms with van der Waals surface area (Å²) in [4.78, 5) is 6.35. The zero-order chi connectivity index (χ0) is 18.8. The lowest BCUT2D eigenvalue weighted by atomic mass is 10.1. The predicted octanol–water partition coefficient (Wildman–Crippen LogP) is 6.05. The molecule has 0 aliphatic carbocycles. The van der Waals surface area contributed by atoms with Crippen LogP contribution in [0.5, 0.6) is 0 Å². The number of rotatable bonds is 4. The second-order valence-electron chi connectivity index (χ2n) is 7.20. The number of hydrogen-bond donors (Lipinski definition) is 0. The molecule has 3 aromatic rings. The van der Waals surface area contributed by atoms with Crippen LogP contribution in [-0.4, -0.2) is 19.3 Å². The highest BCUT2D eigenvalue weighted by Crippen LogP contribution is 2.38. The molecule has 1 aliphatic rings. The van der Waals surface area contributed by atoms with Gasteiger partial charge in [0.25, 0.3) is 0 Å². The number of nitrogens with zero attached hydrogens (tertiary/aromatic N) is 2. The highest BCUT2D eigenvalue weighted by Gasteiger charge is 2.33. The first-order chi connectivity index (χ1) is 13.2. The van der Waals surface area contributed by atoms with Crippen LogP contribution in [0.2, 0.25) is 0 Å². The summed E-state index contributed by atoms with van der Waals surface area (Å²) in [7, 11) is 0. The van der Waals surface area contributed by atoms with Crippen molar-refractivity contribution in [3.63, 3.8) is 0 Å². The van der Waals surface area contributed by atoms with Crippen molar-refractivity contribution in [1.82, 2.24) is 0 Å². The molecular formula is C24H26N2S. The van der Waals surface area contributed by atoms with Crippen molar-refractivity contribution in [3.8, 4) is 0 Å². The highest BCUT2D eigenvalue weighted by atomic mass is 32.2. The number of aryl methyl sites for hydroxylation is 2. The SMILES string of the molecule is CSc1ccc(C2N(c3ccc(C)cc3)CCN2c2ccc(C)cc2)cc1. The minimum atomic E-state index is 0.214. The van der Waals surface area contributed by atoms with Crippen LogP contribution in [-0.2, 0) is 0 Å². The molecule has 0 unspecified atom stereocenters. The molecule has 1 saturated heterocycles. The second-order valence-corrected chi connectivity index (χ2v) is 8.08. The minimum Gasteiger partial charge on any atom is -0.346 e. The Morgan fingerprint density at radius 1 is 0.667 bits per heavy atom. The molecule has 1 fully saturated rings. The summed E-state index contributed by atoms with van der Waals surface area (Å²) < 4.78 is 0. The van der Waals surface area contributed by atoms with Crippen LogP contribution in [0.4, 0.5) is 11.4 Å². The fourth-order valence-corrected chi connectivity index (χ4v) is 4.19. The van der Waals surface area contributed by atoms with E-state index >= 15 is 0 Å². The third-order valence-electron chi connectivity index (χ3n) is 5.32. The molecule has 0 amide bonds. The standard InChI is InChI=1S/C24H26N2S/c1-18-4-10-21(11-5-18)25-16-17-26(22-12-6-19(2)7-13-22)24(25)20-8-14-23(27-3)15-9-20/h4-15,24H,16-17H2,1-3H3. The van der Waals surface area contributed by atoms with Gasteiger partial charge >= 0.3 is 0 Å². The van der Waals surface area contributed by atoms with Crippen LogP contribution in [0, 0.1) is 13.8 Å². The first-order valence-electron chi connectivity index (χ1n) is 9.46. The molecule has 3 heteroatoms. The Kier molecular flexibility index (Phi) is 5.13. The number of anilines is 2. The number of thioether (sulfide) groups is 1. The quantitative estimate of drug-likeness (QED) is 0.513. The Morgan fingerprint density at radius 3 is 1.52 bits per heavy atom. The van der Waals surface area contributed by atoms with Gasteiger partial charge in [-0.15, -0.1) is 11.8 Å². The van der Waals surface area contributed by atoms with Crippen molar-refractivity contribution in [2.75, 3.05) is 29.1 Å². The van der Waals surface area contributed by atoms with Gasteiger partial charge in [0.1, 0.15) is 6.17 Å². The van der Waals surface area contributed by atoms with Crippen LogP contribution in [0.1, 0.15) is 22.9 Å². The molecule has 0 atom stereocenters. The second kappa shape index (κ2) is 7.69. The van der Waals surface area contributed by atoms with E-state index in [1.807, 2.05) is 0 Å². The summed E-state index contributed by atoms with van der Waals surface area (Å²) in [6.45, 7) is 6.33.